The minimum Gasteiger partial charge on any atom is -0.387 e. The largest absolute Gasteiger partial charge is 0.492 e. The van der Waals surface area contributed by atoms with E-state index in [1.54, 1.807) is 0 Å². The number of phosphoric acid groups is 3. The van der Waals surface area contributed by atoms with Crippen molar-refractivity contribution in [2.45, 2.75) is 24.2 Å². The molecule has 0 radical (unpaired) electrons. The summed E-state index contributed by atoms with van der Waals surface area (Å²) < 4.78 is 76.8. The number of hydrogen-bond acceptors (Lipinski definition) is 17. The number of fused-ring (bicyclic) bond motifs is 1. The van der Waals surface area contributed by atoms with Crippen LogP contribution < -0.4 is 11.3 Å². The molecule has 39 heavy (non-hydrogen) atoms. The number of methoxy groups -OCH3 is 1. The van der Waals surface area contributed by atoms with Crippen LogP contribution >= 0.6 is 23.5 Å². The first-order valence-corrected chi connectivity index (χ1v) is 14.6. The van der Waals surface area contributed by atoms with Gasteiger partial charge in [0.1, 0.15) is 18.8 Å². The number of rotatable bonds is 13. The zero-order chi connectivity index (χ0) is 29.2. The minimum absolute atomic E-state index is 0.116. The van der Waals surface area contributed by atoms with E-state index in [9.17, 15) is 28.5 Å². The topological polar surface area (TPSA) is 304 Å². The lowest BCUT2D eigenvalue weighted by molar-refractivity contribution is -0.267. The van der Waals surface area contributed by atoms with Gasteiger partial charge >= 0.3 is 23.5 Å². The number of azide groups is 1. The zero-order valence-corrected chi connectivity index (χ0v) is 23.1. The molecule has 3 heterocycles. The molecular formula is C14H23N8O14P3. The number of phosphoric ester groups is 2. The average molecular weight is 620 g/mol. The van der Waals surface area contributed by atoms with Crippen LogP contribution in [0, 0.1) is 0 Å². The van der Waals surface area contributed by atoms with Crippen molar-refractivity contribution in [3.63, 3.8) is 0 Å². The maximum Gasteiger partial charge on any atom is 0.492 e. The molecule has 0 bridgehead atoms. The fourth-order valence-electron chi connectivity index (χ4n) is 3.28. The summed E-state index contributed by atoms with van der Waals surface area (Å²) in [5.74, 6) is -2.57. The van der Waals surface area contributed by atoms with E-state index in [2.05, 4.69) is 47.2 Å². The molecule has 7 atom stereocenters. The van der Waals surface area contributed by atoms with Gasteiger partial charge in [-0.05, 0) is 5.53 Å². The summed E-state index contributed by atoms with van der Waals surface area (Å²) >= 11 is 0. The second-order valence-electron chi connectivity index (χ2n) is 7.29. The number of aliphatic hydroxyl groups is 1. The van der Waals surface area contributed by atoms with Crippen molar-refractivity contribution in [3.8, 4) is 0 Å². The van der Waals surface area contributed by atoms with E-state index < -0.39 is 59.8 Å². The fourth-order valence-corrected chi connectivity index (χ4v) is 7.36. The Bertz CT molecular complexity index is 1460. The van der Waals surface area contributed by atoms with Crippen molar-refractivity contribution in [3.05, 3.63) is 27.1 Å². The summed E-state index contributed by atoms with van der Waals surface area (Å²) in [6.07, 6.45) is -2.22. The SMILES string of the molecule is CO[C@]1(COP(=O)(OC)OP(=O)(OC)OP(=O)(O)OC)O[C@@H](n2cnc3c(=O)[nH]c(N)nc32)[C@@H](N=[N+]=[N-])[C@@H]1O. The number of hydrogen-bond donors (Lipinski definition) is 4. The summed E-state index contributed by atoms with van der Waals surface area (Å²) in [5, 5.41) is 14.5. The van der Waals surface area contributed by atoms with Crippen LogP contribution in [-0.4, -0.2) is 82.5 Å². The standard InChI is InChI=1S/C14H23N8O14P3/c1-29-14(5-33-38(27,31-3)36-39(28,32-4)35-37(25,26)30-2)9(23)7(20-21-16)12(34-14)22-6-17-8-10(22)18-13(15)19-11(8)24/h6-7,9,12,23H,5H2,1-4H3,(H,25,26)(H3,15,18,19,24)/t7-,9-,12+,14+,38?,39?/m0/s1. The third kappa shape index (κ3) is 6.40. The Labute approximate surface area is 217 Å². The van der Waals surface area contributed by atoms with E-state index in [1.165, 1.54) is 0 Å². The van der Waals surface area contributed by atoms with Crippen LogP contribution in [0.5, 0.6) is 0 Å². The van der Waals surface area contributed by atoms with Crippen molar-refractivity contribution in [1.82, 2.24) is 19.5 Å². The zero-order valence-electron chi connectivity index (χ0n) is 20.4. The minimum atomic E-state index is -5.12. The smallest absolute Gasteiger partial charge is 0.387 e. The molecule has 1 aliphatic rings. The molecule has 0 amide bonds. The molecular weight excluding hydrogens is 597 g/mol. The summed E-state index contributed by atoms with van der Waals surface area (Å²) in [4.78, 5) is 34.4. The van der Waals surface area contributed by atoms with Crippen LogP contribution in [0.25, 0.3) is 21.6 Å². The molecule has 0 spiro atoms. The summed E-state index contributed by atoms with van der Waals surface area (Å²) in [6.45, 7) is -1.03. The fraction of sp³-hybridized carbons (Fsp3) is 0.643. The first-order valence-electron chi connectivity index (χ1n) is 10.2. The normalized spacial score (nSPS) is 27.9. The van der Waals surface area contributed by atoms with Gasteiger partial charge in [0, 0.05) is 33.4 Å². The van der Waals surface area contributed by atoms with E-state index in [1.807, 2.05) is 0 Å². The summed E-state index contributed by atoms with van der Waals surface area (Å²) in [6, 6.07) is -1.49. The first kappa shape index (κ1) is 31.3. The molecule has 3 rings (SSSR count). The van der Waals surface area contributed by atoms with Gasteiger partial charge in [-0.3, -0.25) is 32.4 Å². The number of aromatic nitrogens is 4. The first-order chi connectivity index (χ1) is 18.2. The third-order valence-electron chi connectivity index (χ3n) is 5.15. The molecule has 1 aliphatic heterocycles. The maximum atomic E-state index is 13.1. The Morgan fingerprint density at radius 3 is 2.46 bits per heavy atom. The number of nitrogens with two attached hydrogens (primary N) is 1. The lowest BCUT2D eigenvalue weighted by Gasteiger charge is -2.31. The van der Waals surface area contributed by atoms with E-state index >= 15 is 0 Å². The molecule has 2 aromatic rings. The quantitative estimate of drug-likeness (QED) is 0.105. The van der Waals surface area contributed by atoms with E-state index in [0.717, 1.165) is 39.3 Å². The molecule has 1 saturated heterocycles. The molecule has 218 valence electrons. The van der Waals surface area contributed by atoms with Crippen LogP contribution in [0.3, 0.4) is 0 Å². The van der Waals surface area contributed by atoms with Crippen LogP contribution in [0.4, 0.5) is 5.95 Å². The lowest BCUT2D eigenvalue weighted by Crippen LogP contribution is -2.48. The van der Waals surface area contributed by atoms with Crippen LogP contribution in [0.2, 0.25) is 0 Å². The third-order valence-corrected chi connectivity index (χ3v) is 10.2. The molecule has 5 N–H and O–H groups in total. The van der Waals surface area contributed by atoms with Gasteiger partial charge in [-0.25, -0.2) is 18.7 Å². The van der Waals surface area contributed by atoms with Gasteiger partial charge < -0.3 is 25.2 Å². The number of nitrogens with zero attached hydrogens (tertiary/aromatic N) is 6. The molecule has 1 fully saturated rings. The van der Waals surface area contributed by atoms with Crippen molar-refractivity contribution in [2.75, 3.05) is 40.8 Å². The molecule has 3 unspecified atom stereocenters. The molecule has 0 aromatic carbocycles. The molecule has 0 aliphatic carbocycles. The lowest BCUT2D eigenvalue weighted by atomic mass is 10.1. The summed E-state index contributed by atoms with van der Waals surface area (Å²) in [5.41, 5.74) is 13.7. The number of H-pyrrole nitrogens is 1. The van der Waals surface area contributed by atoms with Gasteiger partial charge in [0.15, 0.2) is 17.4 Å². The van der Waals surface area contributed by atoms with E-state index in [4.69, 9.17) is 25.3 Å². The Hall–Kier alpha value is -2.25. The second kappa shape index (κ2) is 11.7. The highest BCUT2D eigenvalue weighted by molar-refractivity contribution is 7.67. The number of imidazole rings is 1. The van der Waals surface area contributed by atoms with Crippen LogP contribution in [0.1, 0.15) is 6.23 Å². The Balaban J connectivity index is 1.94. The Morgan fingerprint density at radius 2 is 1.90 bits per heavy atom. The number of nitrogen functional groups attached to an aromatic ring is 1. The number of ether oxygens (including phenoxy) is 2. The van der Waals surface area contributed by atoms with Crippen molar-refractivity contribution >= 4 is 40.6 Å². The van der Waals surface area contributed by atoms with Gasteiger partial charge in [0.2, 0.25) is 11.7 Å². The average Bonchev–Trinajstić information content (AvgIpc) is 3.42. The number of nitrogens with one attached hydrogen (secondary N) is 1. The number of anilines is 1. The van der Waals surface area contributed by atoms with Gasteiger partial charge in [-0.15, -0.1) is 0 Å². The highest BCUT2D eigenvalue weighted by Gasteiger charge is 2.58. The molecule has 25 heteroatoms. The summed E-state index contributed by atoms with van der Waals surface area (Å²) in [7, 11) is -11.8. The van der Waals surface area contributed by atoms with Gasteiger partial charge in [0.05, 0.1) is 6.33 Å². The molecule has 22 nitrogen and oxygen atoms in total. The van der Waals surface area contributed by atoms with Gasteiger partial charge in [0.25, 0.3) is 5.56 Å². The van der Waals surface area contributed by atoms with Gasteiger partial charge in [-0.2, -0.15) is 13.6 Å². The van der Waals surface area contributed by atoms with Crippen molar-refractivity contribution < 1.29 is 59.9 Å². The monoisotopic (exact) mass is 620 g/mol. The number of aliphatic hydroxyl groups excluding tert-OH is 1. The van der Waals surface area contributed by atoms with E-state index in [-0.39, 0.29) is 17.1 Å². The predicted molar refractivity (Wildman–Crippen MR) is 126 cm³/mol. The van der Waals surface area contributed by atoms with Crippen molar-refractivity contribution in [2.24, 2.45) is 5.11 Å². The number of aromatic amines is 1. The maximum absolute atomic E-state index is 13.1. The highest BCUT2D eigenvalue weighted by Crippen LogP contribution is 2.71. The molecule has 2 aromatic heterocycles. The highest BCUT2D eigenvalue weighted by atomic mass is 31.3. The van der Waals surface area contributed by atoms with Crippen LogP contribution in [0.15, 0.2) is 16.2 Å². The second-order valence-corrected chi connectivity index (χ2v) is 12.7. The van der Waals surface area contributed by atoms with Crippen LogP contribution in [-0.2, 0) is 49.9 Å². The molecule has 0 saturated carbocycles. The van der Waals surface area contributed by atoms with Gasteiger partial charge in [-0.1, -0.05) is 5.11 Å². The Kier molecular flexibility index (Phi) is 9.38. The van der Waals surface area contributed by atoms with E-state index in [0.29, 0.717) is 0 Å². The predicted octanol–water partition coefficient (Wildman–Crippen LogP) is 0.919. The Morgan fingerprint density at radius 1 is 1.23 bits per heavy atom. The van der Waals surface area contributed by atoms with Crippen molar-refractivity contribution in [1.29, 1.82) is 0 Å².